The number of hydrogen-bond acceptors (Lipinski definition) is 3. The van der Waals surface area contributed by atoms with Crippen molar-refractivity contribution in [3.63, 3.8) is 0 Å². The maximum Gasteiger partial charge on any atom is 0.254 e. The van der Waals surface area contributed by atoms with Crippen LogP contribution in [0.4, 0.5) is 0 Å². The Morgan fingerprint density at radius 2 is 2.29 bits per heavy atom. The maximum atomic E-state index is 12.2. The number of hydrogen-bond donors (Lipinski definition) is 1. The fraction of sp³-hybridized carbons (Fsp3) is 0.385. The van der Waals surface area contributed by atoms with Crippen molar-refractivity contribution in [1.82, 2.24) is 4.90 Å². The normalized spacial score (nSPS) is 14.1. The molecule has 0 spiro atoms. The van der Waals surface area contributed by atoms with Gasteiger partial charge in [0.15, 0.2) is 0 Å². The molecule has 0 aromatic heterocycles. The Labute approximate surface area is 100 Å². The lowest BCUT2D eigenvalue weighted by atomic mass is 10.1. The molecule has 1 aromatic rings. The summed E-state index contributed by atoms with van der Waals surface area (Å²) in [5.74, 6) is -0.0985. The summed E-state index contributed by atoms with van der Waals surface area (Å²) in [6.45, 7) is 0.334. The van der Waals surface area contributed by atoms with Crippen LogP contribution in [0.1, 0.15) is 28.8 Å². The summed E-state index contributed by atoms with van der Waals surface area (Å²) in [6, 6.07) is 8.95. The number of benzene rings is 1. The zero-order chi connectivity index (χ0) is 12.3. The Morgan fingerprint density at radius 3 is 2.88 bits per heavy atom. The van der Waals surface area contributed by atoms with E-state index in [4.69, 9.17) is 10.4 Å². The third-order valence-corrected chi connectivity index (χ3v) is 2.83. The first-order chi connectivity index (χ1) is 8.26. The minimum atomic E-state index is -0.0985. The van der Waals surface area contributed by atoms with Gasteiger partial charge in [0.2, 0.25) is 0 Å². The number of aliphatic hydroxyl groups is 1. The second-order valence-corrected chi connectivity index (χ2v) is 4.15. The molecule has 4 heteroatoms. The van der Waals surface area contributed by atoms with Crippen LogP contribution < -0.4 is 0 Å². The predicted molar refractivity (Wildman–Crippen MR) is 62.3 cm³/mol. The van der Waals surface area contributed by atoms with Crippen molar-refractivity contribution in [2.75, 3.05) is 13.2 Å². The highest BCUT2D eigenvalue weighted by molar-refractivity contribution is 5.95. The predicted octanol–water partition coefficient (Wildman–Crippen LogP) is 1.16. The van der Waals surface area contributed by atoms with Gasteiger partial charge in [-0.25, -0.2) is 0 Å². The van der Waals surface area contributed by atoms with Gasteiger partial charge in [0.25, 0.3) is 5.91 Å². The third kappa shape index (κ3) is 2.63. The third-order valence-electron chi connectivity index (χ3n) is 2.83. The fourth-order valence-electron chi connectivity index (χ4n) is 1.83. The van der Waals surface area contributed by atoms with E-state index in [9.17, 15) is 4.79 Å². The highest BCUT2D eigenvalue weighted by atomic mass is 16.3. The topological polar surface area (TPSA) is 64.3 Å². The van der Waals surface area contributed by atoms with Crippen LogP contribution in [0.2, 0.25) is 0 Å². The van der Waals surface area contributed by atoms with E-state index in [-0.39, 0.29) is 18.6 Å². The molecule has 1 aliphatic carbocycles. The zero-order valence-corrected chi connectivity index (χ0v) is 9.47. The monoisotopic (exact) mass is 230 g/mol. The van der Waals surface area contributed by atoms with E-state index < -0.39 is 0 Å². The zero-order valence-electron chi connectivity index (χ0n) is 9.47. The van der Waals surface area contributed by atoms with Crippen molar-refractivity contribution >= 4 is 5.91 Å². The van der Waals surface area contributed by atoms with Crippen LogP contribution in [0.15, 0.2) is 24.3 Å². The minimum Gasteiger partial charge on any atom is -0.395 e. The molecular formula is C13H14N2O2. The van der Waals surface area contributed by atoms with Crippen LogP contribution >= 0.6 is 0 Å². The summed E-state index contributed by atoms with van der Waals surface area (Å²) in [5.41, 5.74) is 1.000. The average Bonchev–Trinajstić information content (AvgIpc) is 3.19. The molecule has 0 saturated heterocycles. The van der Waals surface area contributed by atoms with E-state index in [1.807, 2.05) is 6.07 Å². The molecule has 1 saturated carbocycles. The number of carbonyl (C=O) groups excluding carboxylic acids is 1. The van der Waals surface area contributed by atoms with E-state index in [1.54, 1.807) is 29.2 Å². The lowest BCUT2D eigenvalue weighted by Crippen LogP contribution is -2.35. The van der Waals surface area contributed by atoms with E-state index in [2.05, 4.69) is 0 Å². The van der Waals surface area contributed by atoms with Crippen molar-refractivity contribution in [1.29, 1.82) is 5.26 Å². The van der Waals surface area contributed by atoms with Gasteiger partial charge in [-0.3, -0.25) is 4.79 Å². The van der Waals surface area contributed by atoms with Gasteiger partial charge in [-0.2, -0.15) is 5.26 Å². The number of amides is 1. The smallest absolute Gasteiger partial charge is 0.254 e. The molecule has 88 valence electrons. The first-order valence-corrected chi connectivity index (χ1v) is 5.68. The highest BCUT2D eigenvalue weighted by Gasteiger charge is 2.32. The quantitative estimate of drug-likeness (QED) is 0.844. The van der Waals surface area contributed by atoms with Crippen molar-refractivity contribution in [2.24, 2.45) is 0 Å². The van der Waals surface area contributed by atoms with E-state index >= 15 is 0 Å². The first-order valence-electron chi connectivity index (χ1n) is 5.68. The molecule has 0 bridgehead atoms. The van der Waals surface area contributed by atoms with Crippen LogP contribution in [0, 0.1) is 11.3 Å². The molecule has 0 atom stereocenters. The highest BCUT2D eigenvalue weighted by Crippen LogP contribution is 2.28. The summed E-state index contributed by atoms with van der Waals surface area (Å²) in [6.07, 6.45) is 2.01. The number of nitrogens with zero attached hydrogens (tertiary/aromatic N) is 2. The standard InChI is InChI=1S/C13H14N2O2/c14-9-10-2-1-3-11(8-10)13(17)15(6-7-16)12-4-5-12/h1-3,8,12,16H,4-7H2. The second-order valence-electron chi connectivity index (χ2n) is 4.15. The second kappa shape index (κ2) is 4.98. The maximum absolute atomic E-state index is 12.2. The number of nitriles is 1. The minimum absolute atomic E-state index is 0.0276. The van der Waals surface area contributed by atoms with Crippen molar-refractivity contribution < 1.29 is 9.90 Å². The first kappa shape index (κ1) is 11.6. The van der Waals surface area contributed by atoms with Crippen molar-refractivity contribution in [3.8, 4) is 6.07 Å². The van der Waals surface area contributed by atoms with Gasteiger partial charge >= 0.3 is 0 Å². The van der Waals surface area contributed by atoms with E-state index in [0.29, 0.717) is 17.7 Å². The van der Waals surface area contributed by atoms with Crippen molar-refractivity contribution in [3.05, 3.63) is 35.4 Å². The Kier molecular flexibility index (Phi) is 3.40. The molecule has 4 nitrogen and oxygen atoms in total. The van der Waals surface area contributed by atoms with Crippen LogP contribution in [0.3, 0.4) is 0 Å². The summed E-state index contributed by atoms with van der Waals surface area (Å²) in [5, 5.41) is 17.8. The Balaban J connectivity index is 2.19. The largest absolute Gasteiger partial charge is 0.395 e. The molecule has 17 heavy (non-hydrogen) atoms. The molecule has 0 radical (unpaired) electrons. The molecule has 0 heterocycles. The molecule has 2 rings (SSSR count). The molecule has 1 amide bonds. The number of rotatable bonds is 4. The lowest BCUT2D eigenvalue weighted by molar-refractivity contribution is 0.0707. The summed E-state index contributed by atoms with van der Waals surface area (Å²) in [7, 11) is 0. The van der Waals surface area contributed by atoms with Gasteiger partial charge in [0.05, 0.1) is 18.2 Å². The lowest BCUT2D eigenvalue weighted by Gasteiger charge is -2.21. The summed E-state index contributed by atoms with van der Waals surface area (Å²) < 4.78 is 0. The van der Waals surface area contributed by atoms with Gasteiger partial charge in [-0.05, 0) is 31.0 Å². The van der Waals surface area contributed by atoms with Crippen LogP contribution in [-0.2, 0) is 0 Å². The molecule has 1 aliphatic rings. The molecule has 1 N–H and O–H groups in total. The SMILES string of the molecule is N#Cc1cccc(C(=O)N(CCO)C2CC2)c1. The summed E-state index contributed by atoms with van der Waals surface area (Å²) >= 11 is 0. The van der Waals surface area contributed by atoms with Gasteiger partial charge in [0.1, 0.15) is 0 Å². The average molecular weight is 230 g/mol. The van der Waals surface area contributed by atoms with Gasteiger partial charge < -0.3 is 10.0 Å². The van der Waals surface area contributed by atoms with Gasteiger partial charge in [0, 0.05) is 18.2 Å². The van der Waals surface area contributed by atoms with Crippen LogP contribution in [0.25, 0.3) is 0 Å². The van der Waals surface area contributed by atoms with Crippen molar-refractivity contribution in [2.45, 2.75) is 18.9 Å². The molecule has 0 unspecified atom stereocenters. The van der Waals surface area contributed by atoms with Crippen LogP contribution in [-0.4, -0.2) is 35.1 Å². The molecule has 1 aromatic carbocycles. The number of carbonyl (C=O) groups is 1. The van der Waals surface area contributed by atoms with Gasteiger partial charge in [-0.15, -0.1) is 0 Å². The van der Waals surface area contributed by atoms with Crippen LogP contribution in [0.5, 0.6) is 0 Å². The van der Waals surface area contributed by atoms with Gasteiger partial charge in [-0.1, -0.05) is 6.07 Å². The molecule has 0 aliphatic heterocycles. The number of aliphatic hydroxyl groups excluding tert-OH is 1. The Morgan fingerprint density at radius 1 is 1.53 bits per heavy atom. The molecule has 1 fully saturated rings. The summed E-state index contributed by atoms with van der Waals surface area (Å²) in [4.78, 5) is 13.9. The Hall–Kier alpha value is -1.86. The van der Waals surface area contributed by atoms with E-state index in [1.165, 1.54) is 0 Å². The fourth-order valence-corrected chi connectivity index (χ4v) is 1.83. The van der Waals surface area contributed by atoms with E-state index in [0.717, 1.165) is 12.8 Å². The molecular weight excluding hydrogens is 216 g/mol. The Bertz CT molecular complexity index is 461.